The number of hydrogen-bond acceptors (Lipinski definition) is 5. The molecule has 2 aromatic carbocycles. The van der Waals surface area contributed by atoms with Crippen LogP contribution in [0.15, 0.2) is 47.4 Å². The predicted molar refractivity (Wildman–Crippen MR) is 142 cm³/mol. The molecule has 1 atom stereocenters. The highest BCUT2D eigenvalue weighted by atomic mass is 127. The third-order valence-electron chi connectivity index (χ3n) is 4.65. The fourth-order valence-corrected chi connectivity index (χ4v) is 5.82. The lowest BCUT2D eigenvalue weighted by atomic mass is 9.98. The summed E-state index contributed by atoms with van der Waals surface area (Å²) >= 11 is 16.4. The van der Waals surface area contributed by atoms with E-state index in [2.05, 4.69) is 53.6 Å². The van der Waals surface area contributed by atoms with Gasteiger partial charge in [-0.05, 0) is 52.9 Å². The van der Waals surface area contributed by atoms with Crippen molar-refractivity contribution in [3.63, 3.8) is 0 Å². The highest BCUT2D eigenvalue weighted by molar-refractivity contribution is 14.1. The first-order valence-corrected chi connectivity index (χ1v) is 13.8. The summed E-state index contributed by atoms with van der Waals surface area (Å²) in [5, 5.41) is 16.1. The molecule has 4 aromatic rings. The first-order chi connectivity index (χ1) is 15.1. The van der Waals surface area contributed by atoms with Crippen LogP contribution in [-0.4, -0.2) is 30.4 Å². The van der Waals surface area contributed by atoms with E-state index in [0.717, 1.165) is 14.1 Å². The van der Waals surface area contributed by atoms with E-state index in [1.807, 2.05) is 24.3 Å². The Labute approximate surface area is 216 Å². The van der Waals surface area contributed by atoms with Crippen LogP contribution in [-0.2, 0) is 16.2 Å². The van der Waals surface area contributed by atoms with E-state index in [0.29, 0.717) is 37.0 Å². The van der Waals surface area contributed by atoms with Crippen LogP contribution in [0.5, 0.6) is 0 Å². The van der Waals surface area contributed by atoms with Crippen molar-refractivity contribution in [2.75, 3.05) is 6.26 Å². The molecule has 4 rings (SSSR count). The van der Waals surface area contributed by atoms with Crippen LogP contribution in [0, 0.1) is 3.57 Å². The standard InChI is InChI=1S/C22H19Cl2IN4OS2/c1-22(2,3)21-27-26-20(31-21)17-19(32(4)30)18(12-5-8-14(25)9-6-12)29(28-17)16-10-7-13(23)11-15(16)24/h5-11H,1-4H3. The lowest BCUT2D eigenvalue weighted by Crippen LogP contribution is -2.10. The lowest BCUT2D eigenvalue weighted by Gasteiger charge is -2.12. The van der Waals surface area contributed by atoms with E-state index >= 15 is 0 Å². The number of rotatable bonds is 4. The van der Waals surface area contributed by atoms with Gasteiger partial charge in [-0.3, -0.25) is 4.21 Å². The third-order valence-corrected chi connectivity index (χ3v) is 8.23. The van der Waals surface area contributed by atoms with Crippen molar-refractivity contribution in [3.8, 4) is 27.6 Å². The molecule has 2 aromatic heterocycles. The molecule has 166 valence electrons. The van der Waals surface area contributed by atoms with E-state index in [9.17, 15) is 4.21 Å². The van der Waals surface area contributed by atoms with Crippen LogP contribution in [0.4, 0.5) is 0 Å². The summed E-state index contributed by atoms with van der Waals surface area (Å²) in [4.78, 5) is 0.592. The van der Waals surface area contributed by atoms with Crippen LogP contribution >= 0.6 is 57.1 Å². The maximum Gasteiger partial charge on any atom is 0.169 e. The number of benzene rings is 2. The Bertz CT molecular complexity index is 1330. The SMILES string of the molecule is CS(=O)c1c(-c2nnc(C(C)(C)C)s2)nn(-c2ccc(Cl)cc2Cl)c1-c1ccc(I)cc1. The van der Waals surface area contributed by atoms with Crippen molar-refractivity contribution in [2.24, 2.45) is 0 Å². The first-order valence-electron chi connectivity index (χ1n) is 9.58. The minimum absolute atomic E-state index is 0.150. The molecule has 0 bridgehead atoms. The van der Waals surface area contributed by atoms with Crippen molar-refractivity contribution in [3.05, 3.63) is 61.1 Å². The molecule has 0 spiro atoms. The van der Waals surface area contributed by atoms with Crippen molar-refractivity contribution in [1.29, 1.82) is 0 Å². The summed E-state index contributed by atoms with van der Waals surface area (Å²) in [6, 6.07) is 13.2. The summed E-state index contributed by atoms with van der Waals surface area (Å²) < 4.78 is 15.9. The summed E-state index contributed by atoms with van der Waals surface area (Å²) in [5.74, 6) is 0. The number of hydrogen-bond donors (Lipinski definition) is 0. The Morgan fingerprint density at radius 3 is 2.31 bits per heavy atom. The van der Waals surface area contributed by atoms with Gasteiger partial charge in [0, 0.05) is 25.8 Å². The van der Waals surface area contributed by atoms with Crippen molar-refractivity contribution >= 4 is 67.9 Å². The monoisotopic (exact) mass is 616 g/mol. The molecule has 2 heterocycles. The summed E-state index contributed by atoms with van der Waals surface area (Å²) in [6.45, 7) is 6.25. The van der Waals surface area contributed by atoms with Gasteiger partial charge in [0.15, 0.2) is 5.01 Å². The molecule has 0 saturated carbocycles. The Kier molecular flexibility index (Phi) is 6.80. The topological polar surface area (TPSA) is 60.7 Å². The molecule has 0 amide bonds. The van der Waals surface area contributed by atoms with Crippen molar-refractivity contribution in [2.45, 2.75) is 31.1 Å². The van der Waals surface area contributed by atoms with Gasteiger partial charge in [-0.2, -0.15) is 5.10 Å². The largest absolute Gasteiger partial charge is 0.254 e. The lowest BCUT2D eigenvalue weighted by molar-refractivity contribution is 0.578. The second-order valence-electron chi connectivity index (χ2n) is 8.16. The second kappa shape index (κ2) is 9.13. The maximum absolute atomic E-state index is 13.0. The van der Waals surface area contributed by atoms with Gasteiger partial charge in [0.05, 0.1) is 32.1 Å². The van der Waals surface area contributed by atoms with E-state index in [4.69, 9.17) is 28.3 Å². The van der Waals surface area contributed by atoms with Crippen LogP contribution in [0.25, 0.3) is 27.6 Å². The van der Waals surface area contributed by atoms with Gasteiger partial charge in [0.1, 0.15) is 10.7 Å². The predicted octanol–water partition coefficient (Wildman–Crippen LogP) is 7.00. The van der Waals surface area contributed by atoms with Gasteiger partial charge in [-0.25, -0.2) is 4.68 Å². The van der Waals surface area contributed by atoms with Crippen LogP contribution < -0.4 is 0 Å². The van der Waals surface area contributed by atoms with Crippen molar-refractivity contribution in [1.82, 2.24) is 20.0 Å². The number of aromatic nitrogens is 4. The molecule has 5 nitrogen and oxygen atoms in total. The molecule has 0 N–H and O–H groups in total. The Balaban J connectivity index is 2.04. The van der Waals surface area contributed by atoms with Gasteiger partial charge in [0.25, 0.3) is 0 Å². The van der Waals surface area contributed by atoms with E-state index in [1.54, 1.807) is 29.1 Å². The Hall–Kier alpha value is -1.33. The zero-order valence-electron chi connectivity index (χ0n) is 17.7. The smallest absolute Gasteiger partial charge is 0.169 e. The van der Waals surface area contributed by atoms with E-state index in [1.165, 1.54) is 11.3 Å². The zero-order chi connectivity index (χ0) is 23.2. The molecule has 32 heavy (non-hydrogen) atoms. The first kappa shape index (κ1) is 23.8. The van der Waals surface area contributed by atoms with Gasteiger partial charge >= 0.3 is 0 Å². The van der Waals surface area contributed by atoms with Gasteiger partial charge < -0.3 is 0 Å². The molecular formula is C22H19Cl2IN4OS2. The molecule has 0 saturated heterocycles. The minimum atomic E-state index is -1.35. The summed E-state index contributed by atoms with van der Waals surface area (Å²) in [7, 11) is -1.35. The quantitative estimate of drug-likeness (QED) is 0.232. The third kappa shape index (κ3) is 4.65. The molecule has 0 fully saturated rings. The maximum atomic E-state index is 13.0. The van der Waals surface area contributed by atoms with Gasteiger partial charge in [-0.15, -0.1) is 10.2 Å². The van der Waals surface area contributed by atoms with Gasteiger partial charge in [-0.1, -0.05) is 67.4 Å². The van der Waals surface area contributed by atoms with E-state index in [-0.39, 0.29) is 5.41 Å². The highest BCUT2D eigenvalue weighted by Crippen LogP contribution is 2.40. The molecule has 1 unspecified atom stereocenters. The zero-order valence-corrected chi connectivity index (χ0v) is 23.0. The van der Waals surface area contributed by atoms with Gasteiger partial charge in [0.2, 0.25) is 0 Å². The molecule has 10 heteroatoms. The summed E-state index contributed by atoms with van der Waals surface area (Å²) in [5.41, 5.74) is 2.61. The minimum Gasteiger partial charge on any atom is -0.254 e. The average molecular weight is 617 g/mol. The van der Waals surface area contributed by atoms with Crippen LogP contribution in [0.1, 0.15) is 25.8 Å². The fourth-order valence-electron chi connectivity index (χ4n) is 3.13. The second-order valence-corrected chi connectivity index (χ2v) is 12.5. The number of nitrogens with zero attached hydrogens (tertiary/aromatic N) is 4. The fraction of sp³-hybridized carbons (Fsp3) is 0.227. The summed E-state index contributed by atoms with van der Waals surface area (Å²) in [6.07, 6.45) is 1.65. The number of halogens is 3. The normalized spacial score (nSPS) is 12.8. The average Bonchev–Trinajstić information content (AvgIpc) is 3.33. The van der Waals surface area contributed by atoms with Crippen LogP contribution in [0.2, 0.25) is 10.0 Å². The molecule has 0 radical (unpaired) electrons. The molecule has 0 aliphatic rings. The molecular weight excluding hydrogens is 598 g/mol. The van der Waals surface area contributed by atoms with Crippen molar-refractivity contribution < 1.29 is 4.21 Å². The Morgan fingerprint density at radius 2 is 1.75 bits per heavy atom. The molecule has 0 aliphatic heterocycles. The van der Waals surface area contributed by atoms with E-state index < -0.39 is 10.8 Å². The van der Waals surface area contributed by atoms with Crippen LogP contribution in [0.3, 0.4) is 0 Å². The highest BCUT2D eigenvalue weighted by Gasteiger charge is 2.28. The Morgan fingerprint density at radius 1 is 1.06 bits per heavy atom. The molecule has 0 aliphatic carbocycles.